The molecule has 106 valence electrons. The van der Waals surface area contributed by atoms with Crippen molar-refractivity contribution in [2.45, 2.75) is 33.7 Å². The van der Waals surface area contributed by atoms with Gasteiger partial charge >= 0.3 is 5.97 Å². The van der Waals surface area contributed by atoms with Gasteiger partial charge in [-0.1, -0.05) is 6.92 Å². The van der Waals surface area contributed by atoms with Gasteiger partial charge in [0.1, 0.15) is 12.4 Å². The van der Waals surface area contributed by atoms with Gasteiger partial charge in [-0.2, -0.15) is 0 Å². The standard InChI is InChI=1S/C14H22N2O3/c1-4-7-15-8-11-5-6-12(9-16-11)19-10-14(2,3)13(17)18/h5-6,9,15H,4,7-8,10H2,1-3H3,(H,17,18). The summed E-state index contributed by atoms with van der Waals surface area (Å²) in [4.78, 5) is 15.2. The van der Waals surface area contributed by atoms with Crippen LogP contribution in [0.25, 0.3) is 0 Å². The largest absolute Gasteiger partial charge is 0.491 e. The molecule has 0 aliphatic rings. The van der Waals surface area contributed by atoms with Crippen LogP contribution in [0.4, 0.5) is 0 Å². The van der Waals surface area contributed by atoms with Crippen LogP contribution in [0.1, 0.15) is 32.9 Å². The van der Waals surface area contributed by atoms with E-state index in [9.17, 15) is 4.79 Å². The zero-order chi connectivity index (χ0) is 14.3. The highest BCUT2D eigenvalue weighted by molar-refractivity contribution is 5.73. The fraction of sp³-hybridized carbons (Fsp3) is 0.571. The number of pyridine rings is 1. The SMILES string of the molecule is CCCNCc1ccc(OCC(C)(C)C(=O)O)cn1. The topological polar surface area (TPSA) is 71.5 Å². The molecule has 5 nitrogen and oxygen atoms in total. The highest BCUT2D eigenvalue weighted by Crippen LogP contribution is 2.18. The fourth-order valence-corrected chi connectivity index (χ4v) is 1.32. The lowest BCUT2D eigenvalue weighted by Crippen LogP contribution is -2.30. The molecule has 5 heteroatoms. The first-order chi connectivity index (χ1) is 8.95. The van der Waals surface area contributed by atoms with Gasteiger partial charge in [0, 0.05) is 6.54 Å². The smallest absolute Gasteiger partial charge is 0.312 e. The zero-order valence-electron chi connectivity index (χ0n) is 11.8. The van der Waals surface area contributed by atoms with Gasteiger partial charge in [-0.05, 0) is 38.9 Å². The van der Waals surface area contributed by atoms with Crippen molar-refractivity contribution in [3.63, 3.8) is 0 Å². The number of hydrogen-bond donors (Lipinski definition) is 2. The Morgan fingerprint density at radius 2 is 2.21 bits per heavy atom. The van der Waals surface area contributed by atoms with Crippen LogP contribution in [-0.2, 0) is 11.3 Å². The molecule has 1 aromatic heterocycles. The Labute approximate surface area is 114 Å². The predicted octanol–water partition coefficient (Wildman–Crippen LogP) is 2.07. The van der Waals surface area contributed by atoms with Crippen LogP contribution in [0.3, 0.4) is 0 Å². The Morgan fingerprint density at radius 3 is 2.74 bits per heavy atom. The van der Waals surface area contributed by atoms with Crippen molar-refractivity contribution in [2.24, 2.45) is 5.41 Å². The van der Waals surface area contributed by atoms with Crippen molar-refractivity contribution < 1.29 is 14.6 Å². The molecule has 0 atom stereocenters. The van der Waals surface area contributed by atoms with Gasteiger partial charge in [0.05, 0.1) is 17.3 Å². The Morgan fingerprint density at radius 1 is 1.47 bits per heavy atom. The Hall–Kier alpha value is -1.62. The van der Waals surface area contributed by atoms with Gasteiger partial charge in [-0.15, -0.1) is 0 Å². The summed E-state index contributed by atoms with van der Waals surface area (Å²) in [5, 5.41) is 12.2. The zero-order valence-corrected chi connectivity index (χ0v) is 11.8. The number of nitrogens with zero attached hydrogens (tertiary/aromatic N) is 1. The molecule has 1 heterocycles. The van der Waals surface area contributed by atoms with Crippen molar-refractivity contribution in [3.8, 4) is 5.75 Å². The third kappa shape index (κ3) is 5.26. The monoisotopic (exact) mass is 266 g/mol. The number of carboxylic acids is 1. The number of ether oxygens (including phenoxy) is 1. The summed E-state index contributed by atoms with van der Waals surface area (Å²) < 4.78 is 5.45. The molecule has 0 fully saturated rings. The molecule has 0 saturated carbocycles. The molecule has 1 rings (SSSR count). The Bertz CT molecular complexity index is 402. The molecule has 0 spiro atoms. The lowest BCUT2D eigenvalue weighted by molar-refractivity contribution is -0.148. The molecule has 0 aliphatic carbocycles. The molecule has 2 N–H and O–H groups in total. The van der Waals surface area contributed by atoms with Crippen LogP contribution in [-0.4, -0.2) is 29.2 Å². The van der Waals surface area contributed by atoms with E-state index in [1.54, 1.807) is 20.0 Å². The molecule has 19 heavy (non-hydrogen) atoms. The molecule has 0 unspecified atom stereocenters. The lowest BCUT2D eigenvalue weighted by atomic mass is 9.95. The van der Waals surface area contributed by atoms with Crippen molar-refractivity contribution in [1.82, 2.24) is 10.3 Å². The molecule has 0 aliphatic heterocycles. The fourth-order valence-electron chi connectivity index (χ4n) is 1.32. The van der Waals surface area contributed by atoms with Crippen LogP contribution in [0.5, 0.6) is 5.75 Å². The van der Waals surface area contributed by atoms with E-state index in [0.29, 0.717) is 5.75 Å². The minimum Gasteiger partial charge on any atom is -0.491 e. The second-order valence-electron chi connectivity index (χ2n) is 5.14. The van der Waals surface area contributed by atoms with Gasteiger partial charge in [-0.3, -0.25) is 9.78 Å². The van der Waals surface area contributed by atoms with E-state index < -0.39 is 11.4 Å². The van der Waals surface area contributed by atoms with E-state index in [1.807, 2.05) is 12.1 Å². The minimum atomic E-state index is -0.901. The number of carbonyl (C=O) groups is 1. The summed E-state index contributed by atoms with van der Waals surface area (Å²) >= 11 is 0. The third-order valence-corrected chi connectivity index (χ3v) is 2.71. The maximum atomic E-state index is 10.9. The number of rotatable bonds is 8. The second-order valence-corrected chi connectivity index (χ2v) is 5.14. The highest BCUT2D eigenvalue weighted by Gasteiger charge is 2.28. The van der Waals surface area contributed by atoms with Crippen LogP contribution in [0, 0.1) is 5.41 Å². The van der Waals surface area contributed by atoms with E-state index in [4.69, 9.17) is 9.84 Å². The molecule has 0 aromatic carbocycles. The quantitative estimate of drug-likeness (QED) is 0.705. The number of carboxylic acid groups (broad SMARTS) is 1. The normalized spacial score (nSPS) is 11.3. The number of hydrogen-bond acceptors (Lipinski definition) is 4. The molecule has 0 bridgehead atoms. The second kappa shape index (κ2) is 7.09. The average Bonchev–Trinajstić information content (AvgIpc) is 2.38. The van der Waals surface area contributed by atoms with E-state index in [2.05, 4.69) is 17.2 Å². The van der Waals surface area contributed by atoms with Crippen molar-refractivity contribution in [3.05, 3.63) is 24.0 Å². The maximum absolute atomic E-state index is 10.9. The van der Waals surface area contributed by atoms with E-state index in [0.717, 1.165) is 25.2 Å². The number of aliphatic carboxylic acids is 1. The van der Waals surface area contributed by atoms with Crippen LogP contribution in [0.15, 0.2) is 18.3 Å². The third-order valence-electron chi connectivity index (χ3n) is 2.71. The molecule has 0 radical (unpaired) electrons. The summed E-state index contributed by atoms with van der Waals surface area (Å²) in [6.45, 7) is 7.19. The van der Waals surface area contributed by atoms with Crippen molar-refractivity contribution >= 4 is 5.97 Å². The van der Waals surface area contributed by atoms with E-state index >= 15 is 0 Å². The first kappa shape index (κ1) is 15.4. The summed E-state index contributed by atoms with van der Waals surface area (Å²) in [5.41, 5.74) is 0.0414. The lowest BCUT2D eigenvalue weighted by Gasteiger charge is -2.19. The van der Waals surface area contributed by atoms with Gasteiger partial charge in [0.2, 0.25) is 0 Å². The first-order valence-electron chi connectivity index (χ1n) is 6.47. The van der Waals surface area contributed by atoms with Gasteiger partial charge < -0.3 is 15.2 Å². The first-order valence-corrected chi connectivity index (χ1v) is 6.47. The summed E-state index contributed by atoms with van der Waals surface area (Å²) in [5.74, 6) is -0.283. The molecular weight excluding hydrogens is 244 g/mol. The summed E-state index contributed by atoms with van der Waals surface area (Å²) in [6, 6.07) is 3.69. The predicted molar refractivity (Wildman–Crippen MR) is 73.1 cm³/mol. The molecular formula is C14H22N2O3. The molecule has 0 amide bonds. The number of aromatic nitrogens is 1. The van der Waals surface area contributed by atoms with Crippen molar-refractivity contribution in [1.29, 1.82) is 0 Å². The highest BCUT2D eigenvalue weighted by atomic mass is 16.5. The van der Waals surface area contributed by atoms with Gasteiger partial charge in [-0.25, -0.2) is 0 Å². The Kier molecular flexibility index (Phi) is 5.76. The van der Waals surface area contributed by atoms with Gasteiger partial charge in [0.15, 0.2) is 0 Å². The molecule has 0 saturated heterocycles. The van der Waals surface area contributed by atoms with Crippen LogP contribution >= 0.6 is 0 Å². The van der Waals surface area contributed by atoms with Crippen molar-refractivity contribution in [2.75, 3.05) is 13.2 Å². The average molecular weight is 266 g/mol. The maximum Gasteiger partial charge on any atom is 0.312 e. The minimum absolute atomic E-state index is 0.122. The van der Waals surface area contributed by atoms with Crippen LogP contribution in [0.2, 0.25) is 0 Å². The summed E-state index contributed by atoms with van der Waals surface area (Å²) in [6.07, 6.45) is 2.71. The van der Waals surface area contributed by atoms with Gasteiger partial charge in [0.25, 0.3) is 0 Å². The number of nitrogens with one attached hydrogen (secondary N) is 1. The van der Waals surface area contributed by atoms with Crippen LogP contribution < -0.4 is 10.1 Å². The Balaban J connectivity index is 2.46. The van der Waals surface area contributed by atoms with E-state index in [-0.39, 0.29) is 6.61 Å². The summed E-state index contributed by atoms with van der Waals surface area (Å²) in [7, 11) is 0. The van der Waals surface area contributed by atoms with E-state index in [1.165, 1.54) is 0 Å². The molecule has 1 aromatic rings.